The Hall–Kier alpha value is -2.47. The molecule has 3 aromatic carbocycles. The minimum absolute atomic E-state index is 0. The van der Waals surface area contributed by atoms with E-state index in [0.29, 0.717) is 17.3 Å². The number of nitrogens with one attached hydrogen (secondary N) is 2. The van der Waals surface area contributed by atoms with Gasteiger partial charge in [-0.2, -0.15) is 22.7 Å². The van der Waals surface area contributed by atoms with Crippen LogP contribution in [0.4, 0.5) is 28.4 Å². The fourth-order valence-electron chi connectivity index (χ4n) is 5.75. The number of thioether (sulfide) groups is 2. The molecule has 0 amide bonds. The molecule has 0 heterocycles. The Bertz CT molecular complexity index is 1750. The predicted molar refractivity (Wildman–Crippen MR) is 241 cm³/mol. The van der Waals surface area contributed by atoms with Crippen molar-refractivity contribution in [2.45, 2.75) is 150 Å². The van der Waals surface area contributed by atoms with Crippen LogP contribution < -0.4 is 0 Å². The summed E-state index contributed by atoms with van der Waals surface area (Å²) in [6.45, 7) is 33.1. The number of hydrogen-bond donors (Lipinski definition) is 0. The summed E-state index contributed by atoms with van der Waals surface area (Å²) in [5, 5.41) is 9.94. The Labute approximate surface area is 349 Å². The van der Waals surface area contributed by atoms with E-state index in [1.165, 1.54) is 20.9 Å². The molecule has 0 aliphatic heterocycles. The van der Waals surface area contributed by atoms with Gasteiger partial charge in [0.05, 0.1) is 0 Å². The van der Waals surface area contributed by atoms with Gasteiger partial charge >= 0.3 is 0 Å². The second-order valence-corrected chi connectivity index (χ2v) is 21.0. The first kappa shape index (κ1) is 47.7. The fourth-order valence-corrected chi connectivity index (χ4v) is 7.64. The van der Waals surface area contributed by atoms with Gasteiger partial charge in [-0.25, -0.2) is 0 Å². The van der Waals surface area contributed by atoms with Gasteiger partial charge in [0, 0.05) is 22.2 Å². The molecule has 302 valence electrons. The van der Waals surface area contributed by atoms with Crippen molar-refractivity contribution < 1.29 is 16.5 Å². The second kappa shape index (κ2) is 19.6. The number of para-hydroxylation sites is 1. The summed E-state index contributed by atoms with van der Waals surface area (Å²) in [5.41, 5.74) is 26.8. The molecule has 7 heteroatoms. The minimum atomic E-state index is -0.0888. The molecule has 4 rings (SSSR count). The van der Waals surface area contributed by atoms with E-state index in [4.69, 9.17) is 22.1 Å². The van der Waals surface area contributed by atoms with Gasteiger partial charge in [-0.3, -0.25) is 0 Å². The Morgan fingerprint density at radius 2 is 1.11 bits per heavy atom. The first-order chi connectivity index (χ1) is 24.4. The van der Waals surface area contributed by atoms with Gasteiger partial charge in [-0.05, 0) is 79.6 Å². The minimum Gasteiger partial charge on any atom is -0.699 e. The Balaban J connectivity index is 0.000000367. The molecular formula is C47H68N4NiS2-4. The molecule has 0 spiro atoms. The summed E-state index contributed by atoms with van der Waals surface area (Å²) in [7, 11) is 0. The molecule has 0 saturated carbocycles. The fraction of sp³-hybridized carbons (Fsp3) is 0.532. The van der Waals surface area contributed by atoms with Crippen LogP contribution in [-0.2, 0) is 38.2 Å². The van der Waals surface area contributed by atoms with Gasteiger partial charge in [0.2, 0.25) is 0 Å². The van der Waals surface area contributed by atoms with Crippen molar-refractivity contribution in [2.24, 2.45) is 5.92 Å². The predicted octanol–water partition coefficient (Wildman–Crippen LogP) is 17.7. The zero-order valence-electron chi connectivity index (χ0n) is 35.9. The maximum Gasteiger partial charge on any atom is 0.000267 e. The standard InChI is InChI=1S/C24H34N2S.C23H34N2S.Ni/c1-16(2)15-27-21-12-10-9-11-19(21)26-20-14-17(23(3,4)5)13-18(22(20)25)24(6,7)8;1-8-13-26-20-12-10-9-11-18(20)25-19-15-16(22(2,3)4)14-17(21(19)24)23(5,6)7;/h9-14,16,25H,15H2,1-8H3;11-12,14-15,24H,8-10,13H2,1-7H3;/q2*-2;. The van der Waals surface area contributed by atoms with E-state index in [-0.39, 0.29) is 38.2 Å². The number of nitrogens with zero attached hydrogens (tertiary/aromatic N) is 2. The van der Waals surface area contributed by atoms with Crippen molar-refractivity contribution in [1.82, 2.24) is 0 Å². The quantitative estimate of drug-likeness (QED) is 0.151. The van der Waals surface area contributed by atoms with E-state index in [1.807, 2.05) is 29.6 Å². The van der Waals surface area contributed by atoms with Crippen LogP contribution in [0, 0.1) is 5.92 Å². The average Bonchev–Trinajstić information content (AvgIpc) is 3.04. The van der Waals surface area contributed by atoms with E-state index >= 15 is 0 Å². The van der Waals surface area contributed by atoms with E-state index in [9.17, 15) is 0 Å². The molecule has 1 aliphatic rings. The van der Waals surface area contributed by atoms with Gasteiger partial charge in [0.1, 0.15) is 0 Å². The van der Waals surface area contributed by atoms with Crippen LogP contribution >= 0.6 is 23.5 Å². The normalized spacial score (nSPS) is 13.7. The SMILES string of the molecule is CC(C)CSc1ccccc1[N-]c1cc(C(C)(C)C)cc(C(C)(C)C)c1[NH-].CCCSC1=CCCC=C1[N-]c1cc(C(C)(C)C)cc(C(C)(C)C)c1[NH-].[Ni]. The van der Waals surface area contributed by atoms with Gasteiger partial charge in [0.15, 0.2) is 0 Å². The molecule has 3 aromatic rings. The van der Waals surface area contributed by atoms with Crippen LogP contribution in [0.3, 0.4) is 0 Å². The van der Waals surface area contributed by atoms with Crippen LogP contribution in [0.2, 0.25) is 0 Å². The van der Waals surface area contributed by atoms with Gasteiger partial charge in [-0.15, -0.1) is 34.9 Å². The Kier molecular flexibility index (Phi) is 17.3. The molecule has 1 aliphatic carbocycles. The third-order valence-corrected chi connectivity index (χ3v) is 11.8. The third-order valence-electron chi connectivity index (χ3n) is 9.05. The Morgan fingerprint density at radius 1 is 0.630 bits per heavy atom. The molecule has 0 fully saturated rings. The van der Waals surface area contributed by atoms with Crippen LogP contribution in [0.5, 0.6) is 0 Å². The smallest absolute Gasteiger partial charge is 0.000267 e. The number of rotatable bonds is 10. The summed E-state index contributed by atoms with van der Waals surface area (Å²) in [6.07, 6.45) is 7.83. The summed E-state index contributed by atoms with van der Waals surface area (Å²) in [6, 6.07) is 16.9. The molecule has 2 N–H and O–H groups in total. The zero-order chi connectivity index (χ0) is 39.9. The van der Waals surface area contributed by atoms with Crippen LogP contribution in [0.25, 0.3) is 22.1 Å². The Morgan fingerprint density at radius 3 is 1.57 bits per heavy atom. The molecule has 4 nitrogen and oxygen atoms in total. The van der Waals surface area contributed by atoms with E-state index in [1.54, 1.807) is 0 Å². The third kappa shape index (κ3) is 13.6. The van der Waals surface area contributed by atoms with Crippen molar-refractivity contribution in [3.63, 3.8) is 0 Å². The molecule has 54 heavy (non-hydrogen) atoms. The first-order valence-electron chi connectivity index (χ1n) is 19.4. The maximum absolute atomic E-state index is 8.79. The molecule has 0 atom stereocenters. The molecule has 0 unspecified atom stereocenters. The molecule has 0 bridgehead atoms. The summed E-state index contributed by atoms with van der Waals surface area (Å²) in [5.74, 6) is 2.81. The monoisotopic (exact) mass is 810 g/mol. The van der Waals surface area contributed by atoms with Crippen LogP contribution in [0.15, 0.2) is 76.2 Å². The topological polar surface area (TPSA) is 75.8 Å². The van der Waals surface area contributed by atoms with E-state index in [0.717, 1.165) is 64.7 Å². The molecular weight excluding hydrogens is 743 g/mol. The molecule has 0 aromatic heterocycles. The summed E-state index contributed by atoms with van der Waals surface area (Å²) in [4.78, 5) is 2.46. The number of allylic oxidation sites excluding steroid dienone is 2. The van der Waals surface area contributed by atoms with Crippen LogP contribution in [0.1, 0.15) is 145 Å². The van der Waals surface area contributed by atoms with Crippen molar-refractivity contribution in [2.75, 3.05) is 11.5 Å². The van der Waals surface area contributed by atoms with Crippen molar-refractivity contribution in [3.05, 3.63) is 116 Å². The van der Waals surface area contributed by atoms with Crippen LogP contribution in [-0.4, -0.2) is 11.5 Å². The summed E-state index contributed by atoms with van der Waals surface area (Å²) < 4.78 is 0. The largest absolute Gasteiger partial charge is 0.699 e. The van der Waals surface area contributed by atoms with E-state index < -0.39 is 0 Å². The number of hydrogen-bond acceptors (Lipinski definition) is 2. The van der Waals surface area contributed by atoms with Gasteiger partial charge in [-0.1, -0.05) is 170 Å². The van der Waals surface area contributed by atoms with Crippen molar-refractivity contribution >= 4 is 52.0 Å². The van der Waals surface area contributed by atoms with E-state index in [2.05, 4.69) is 158 Å². The van der Waals surface area contributed by atoms with Gasteiger partial charge < -0.3 is 22.1 Å². The molecule has 0 radical (unpaired) electrons. The number of benzene rings is 3. The van der Waals surface area contributed by atoms with Crippen molar-refractivity contribution in [3.8, 4) is 0 Å². The first-order valence-corrected chi connectivity index (χ1v) is 21.4. The maximum atomic E-state index is 8.79. The van der Waals surface area contributed by atoms with Gasteiger partial charge in [0.25, 0.3) is 0 Å². The summed E-state index contributed by atoms with van der Waals surface area (Å²) >= 11 is 3.73. The second-order valence-electron chi connectivity index (χ2n) is 18.8. The zero-order valence-corrected chi connectivity index (χ0v) is 38.5. The van der Waals surface area contributed by atoms with Crippen molar-refractivity contribution in [1.29, 1.82) is 0 Å². The average molecular weight is 812 g/mol. The molecule has 0 saturated heterocycles.